The molecule has 0 spiro atoms. The van der Waals surface area contributed by atoms with Gasteiger partial charge in [-0.3, -0.25) is 0 Å². The zero-order valence-corrected chi connectivity index (χ0v) is 17.6. The number of hydrogen-bond acceptors (Lipinski definition) is 1. The molecule has 0 saturated heterocycles. The first-order valence-electron chi connectivity index (χ1n) is 9.17. The van der Waals surface area contributed by atoms with E-state index >= 15 is 0 Å². The van der Waals surface area contributed by atoms with Gasteiger partial charge in [0.15, 0.2) is 0 Å². The molecule has 1 N–H and O–H groups in total. The van der Waals surface area contributed by atoms with Crippen LogP contribution in [0.5, 0.6) is 0 Å². The molecule has 0 aliphatic rings. The molecule has 2 heteroatoms. The van der Waals surface area contributed by atoms with Gasteiger partial charge in [0.25, 0.3) is 0 Å². The summed E-state index contributed by atoms with van der Waals surface area (Å²) in [5.74, 6) is 0. The second-order valence-electron chi connectivity index (χ2n) is 7.84. The van der Waals surface area contributed by atoms with Crippen LogP contribution in [-0.4, -0.2) is 4.89 Å². The Labute approximate surface area is 158 Å². The van der Waals surface area contributed by atoms with E-state index < -0.39 is 7.49 Å². The van der Waals surface area contributed by atoms with Gasteiger partial charge in [-0.05, 0) is 0 Å². The Hall–Kier alpha value is -1.95. The molecule has 0 aliphatic carbocycles. The average Bonchev–Trinajstić information content (AvgIpc) is 2.51. The number of rotatable bonds is 3. The zero-order chi connectivity index (χ0) is 19.1. The summed E-state index contributed by atoms with van der Waals surface area (Å²) in [6.45, 7) is 12.6. The van der Waals surface area contributed by atoms with Crippen molar-refractivity contribution < 1.29 is 4.89 Å². The maximum absolute atomic E-state index is 12.3. The molecule has 0 fully saturated rings. The fraction of sp³-hybridized carbons (Fsp3) is 0.250. The Morgan fingerprint density at radius 1 is 0.423 bits per heavy atom. The van der Waals surface area contributed by atoms with E-state index in [1.54, 1.807) is 0 Å². The third-order valence-electron chi connectivity index (χ3n) is 4.92. The molecule has 0 amide bonds. The van der Waals surface area contributed by atoms with Crippen molar-refractivity contribution in [1.82, 2.24) is 0 Å². The predicted molar refractivity (Wildman–Crippen MR) is 117 cm³/mol. The van der Waals surface area contributed by atoms with Gasteiger partial charge < -0.3 is 0 Å². The summed E-state index contributed by atoms with van der Waals surface area (Å²) in [5, 5.41) is 3.18. The molecular formula is C24H29OP. The molecule has 0 aliphatic heterocycles. The van der Waals surface area contributed by atoms with Gasteiger partial charge in [-0.1, -0.05) is 0 Å². The number of aryl methyl sites for hydroxylation is 6. The van der Waals surface area contributed by atoms with Crippen molar-refractivity contribution in [3.05, 3.63) is 88.0 Å². The third kappa shape index (κ3) is 3.61. The molecule has 3 rings (SSSR count). The van der Waals surface area contributed by atoms with E-state index in [0.29, 0.717) is 0 Å². The Kier molecular flexibility index (Phi) is 5.06. The molecule has 3 aromatic carbocycles. The van der Waals surface area contributed by atoms with E-state index in [0.717, 1.165) is 15.9 Å². The second kappa shape index (κ2) is 6.99. The molecule has 1 nitrogen and oxygen atoms in total. The molecule has 0 atom stereocenters. The fourth-order valence-electron chi connectivity index (χ4n) is 4.05. The molecule has 0 radical (unpaired) electrons. The van der Waals surface area contributed by atoms with Crippen molar-refractivity contribution in [3.63, 3.8) is 0 Å². The van der Waals surface area contributed by atoms with Gasteiger partial charge in [0, 0.05) is 0 Å². The van der Waals surface area contributed by atoms with Crippen LogP contribution in [0.3, 0.4) is 0 Å². The van der Waals surface area contributed by atoms with E-state index in [1.807, 2.05) is 0 Å². The molecule has 26 heavy (non-hydrogen) atoms. The summed E-state index contributed by atoms with van der Waals surface area (Å²) in [6, 6.07) is 19.5. The Balaban J connectivity index is 2.38. The van der Waals surface area contributed by atoms with E-state index in [4.69, 9.17) is 0 Å². The average molecular weight is 364 g/mol. The van der Waals surface area contributed by atoms with Crippen molar-refractivity contribution in [3.8, 4) is 0 Å². The van der Waals surface area contributed by atoms with E-state index in [9.17, 15) is 4.89 Å². The Morgan fingerprint density at radius 3 is 0.808 bits per heavy atom. The summed E-state index contributed by atoms with van der Waals surface area (Å²) in [7, 11) is -3.07. The first kappa shape index (κ1) is 18.8. The number of hydrogen-bond donors (Lipinski definition) is 1. The topological polar surface area (TPSA) is 20.2 Å². The van der Waals surface area contributed by atoms with Crippen LogP contribution >= 0.6 is 7.49 Å². The minimum absolute atomic E-state index is 1.06. The third-order valence-corrected chi connectivity index (χ3v) is 8.29. The van der Waals surface area contributed by atoms with Gasteiger partial charge in [-0.15, -0.1) is 0 Å². The quantitative estimate of drug-likeness (QED) is 0.680. The summed E-state index contributed by atoms with van der Waals surface area (Å²) in [4.78, 5) is 12.3. The Bertz CT molecular complexity index is 786. The van der Waals surface area contributed by atoms with Gasteiger partial charge >= 0.3 is 158 Å². The summed E-state index contributed by atoms with van der Waals surface area (Å²) >= 11 is 0. The number of benzene rings is 3. The summed E-state index contributed by atoms with van der Waals surface area (Å²) in [5.41, 5.74) is 7.16. The van der Waals surface area contributed by atoms with Crippen LogP contribution in [0, 0.1) is 41.5 Å². The van der Waals surface area contributed by atoms with Gasteiger partial charge in [0.1, 0.15) is 0 Å². The predicted octanol–water partition coefficient (Wildman–Crippen LogP) is 4.47. The minimum atomic E-state index is -3.07. The summed E-state index contributed by atoms with van der Waals surface area (Å²) < 4.78 is 0. The van der Waals surface area contributed by atoms with Gasteiger partial charge in [-0.25, -0.2) is 0 Å². The van der Waals surface area contributed by atoms with Crippen molar-refractivity contribution in [2.24, 2.45) is 0 Å². The van der Waals surface area contributed by atoms with Crippen LogP contribution in [-0.2, 0) is 0 Å². The molecule has 3 aromatic rings. The van der Waals surface area contributed by atoms with Crippen LogP contribution in [0.4, 0.5) is 0 Å². The van der Waals surface area contributed by atoms with Crippen molar-refractivity contribution in [2.75, 3.05) is 0 Å². The zero-order valence-electron chi connectivity index (χ0n) is 16.6. The van der Waals surface area contributed by atoms with Crippen LogP contribution in [0.25, 0.3) is 0 Å². The molecule has 0 saturated carbocycles. The van der Waals surface area contributed by atoms with Gasteiger partial charge in [-0.2, -0.15) is 0 Å². The van der Waals surface area contributed by atoms with E-state index in [-0.39, 0.29) is 0 Å². The van der Waals surface area contributed by atoms with Crippen molar-refractivity contribution in [1.29, 1.82) is 0 Å². The van der Waals surface area contributed by atoms with Crippen molar-refractivity contribution in [2.45, 2.75) is 41.5 Å². The fourth-order valence-corrected chi connectivity index (χ4v) is 7.67. The van der Waals surface area contributed by atoms with Crippen LogP contribution in [0.15, 0.2) is 54.6 Å². The first-order chi connectivity index (χ1) is 12.2. The van der Waals surface area contributed by atoms with Crippen LogP contribution in [0.2, 0.25) is 0 Å². The first-order valence-corrected chi connectivity index (χ1v) is 11.1. The van der Waals surface area contributed by atoms with Crippen molar-refractivity contribution >= 4 is 23.4 Å². The SMILES string of the molecule is Cc1cc(C)cc([PH](O)(c2cc(C)cc(C)c2)c2cc(C)cc(C)c2)c1. The molecular weight excluding hydrogens is 335 g/mol. The maximum atomic E-state index is 12.3. The normalized spacial score (nSPS) is 12.3. The Morgan fingerprint density at radius 2 is 0.615 bits per heavy atom. The molecule has 0 heterocycles. The molecule has 0 unspecified atom stereocenters. The molecule has 136 valence electrons. The van der Waals surface area contributed by atoms with Crippen LogP contribution < -0.4 is 15.9 Å². The second-order valence-corrected chi connectivity index (χ2v) is 11.0. The molecule has 0 aromatic heterocycles. The van der Waals surface area contributed by atoms with Gasteiger partial charge in [0.05, 0.1) is 0 Å². The van der Waals surface area contributed by atoms with Gasteiger partial charge in [0.2, 0.25) is 0 Å². The van der Waals surface area contributed by atoms with E-state index in [1.165, 1.54) is 33.4 Å². The monoisotopic (exact) mass is 364 g/mol. The summed E-state index contributed by atoms with van der Waals surface area (Å²) in [6.07, 6.45) is 0. The molecule has 0 bridgehead atoms. The standard InChI is InChI=1S/C24H29OP/c1-16-7-17(2)11-22(10-16)26(25,23-12-18(3)8-19(4)13-23)24-14-20(5)9-21(6)15-24/h7-15,25-26H,1-6H3. The van der Waals surface area contributed by atoms with Crippen LogP contribution in [0.1, 0.15) is 33.4 Å². The van der Waals surface area contributed by atoms with E-state index in [2.05, 4.69) is 96.1 Å².